The Morgan fingerprint density at radius 1 is 1.89 bits per heavy atom. The molecule has 1 aliphatic rings. The van der Waals surface area contributed by atoms with Gasteiger partial charge in [-0.05, 0) is 0 Å². The zero-order chi connectivity index (χ0) is 6.85. The van der Waals surface area contributed by atoms with Crippen molar-refractivity contribution in [3.63, 3.8) is 0 Å². The van der Waals surface area contributed by atoms with Gasteiger partial charge in [-0.15, -0.1) is 6.73 Å². The summed E-state index contributed by atoms with van der Waals surface area (Å²) in [5.74, 6) is -0.428. The van der Waals surface area contributed by atoms with Crippen molar-refractivity contribution in [1.82, 2.24) is 4.90 Å². The number of carbonyl (C=O) groups is 2. The van der Waals surface area contributed by atoms with Crippen LogP contribution in [0.5, 0.6) is 0 Å². The summed E-state index contributed by atoms with van der Waals surface area (Å²) in [5.41, 5.74) is 4.74. The minimum Gasteiger partial charge on any atom is -0.524 e. The fraction of sp³-hybridized carbons (Fsp3) is 0.250. The normalized spacial score (nSPS) is 18.7. The summed E-state index contributed by atoms with van der Waals surface area (Å²) in [6, 6.07) is -0.808. The number of primary amides is 1. The Kier molecular flexibility index (Phi) is 1.35. The highest BCUT2D eigenvalue weighted by atomic mass is 16.5. The van der Waals surface area contributed by atoms with Crippen LogP contribution in [0.3, 0.4) is 0 Å². The molecule has 0 aromatic rings. The predicted octanol–water partition coefficient (Wildman–Crippen LogP) is -0.957. The quantitative estimate of drug-likeness (QED) is 0.428. The molecule has 0 aromatic carbocycles. The Labute approximate surface area is 51.4 Å². The van der Waals surface area contributed by atoms with Crippen molar-refractivity contribution in [2.24, 2.45) is 5.73 Å². The van der Waals surface area contributed by atoms with E-state index in [0.29, 0.717) is 0 Å². The SMILES string of the molecule is NC(=O)N1[CH-]OCC1=O. The molecule has 50 valence electrons. The van der Waals surface area contributed by atoms with Crippen LogP contribution in [0.15, 0.2) is 0 Å². The lowest BCUT2D eigenvalue weighted by Crippen LogP contribution is -2.34. The summed E-state index contributed by atoms with van der Waals surface area (Å²) in [4.78, 5) is 21.4. The molecular formula is C4H5N2O3-. The smallest absolute Gasteiger partial charge is 0.293 e. The molecule has 0 atom stereocenters. The maximum absolute atomic E-state index is 10.5. The van der Waals surface area contributed by atoms with E-state index in [1.165, 1.54) is 0 Å². The number of ether oxygens (including phenoxy) is 1. The molecular weight excluding hydrogens is 124 g/mol. The van der Waals surface area contributed by atoms with E-state index in [2.05, 4.69) is 4.74 Å². The molecule has 1 rings (SSSR count). The first-order chi connectivity index (χ1) is 4.22. The first-order valence-corrected chi connectivity index (χ1v) is 2.28. The maximum atomic E-state index is 10.5. The van der Waals surface area contributed by atoms with Crippen LogP contribution in [0.1, 0.15) is 0 Å². The van der Waals surface area contributed by atoms with Gasteiger partial charge in [0, 0.05) is 0 Å². The Morgan fingerprint density at radius 3 is 2.78 bits per heavy atom. The summed E-state index contributed by atoms with van der Waals surface area (Å²) < 4.78 is 4.48. The lowest BCUT2D eigenvalue weighted by Gasteiger charge is -2.16. The molecule has 0 spiro atoms. The molecule has 0 unspecified atom stereocenters. The molecule has 0 saturated carbocycles. The molecule has 1 fully saturated rings. The predicted molar refractivity (Wildman–Crippen MR) is 26.7 cm³/mol. The molecule has 2 N–H and O–H groups in total. The van der Waals surface area contributed by atoms with Crippen molar-refractivity contribution >= 4 is 11.9 Å². The zero-order valence-corrected chi connectivity index (χ0v) is 4.53. The first-order valence-electron chi connectivity index (χ1n) is 2.28. The molecule has 1 saturated heterocycles. The largest absolute Gasteiger partial charge is 0.524 e. The van der Waals surface area contributed by atoms with Crippen molar-refractivity contribution in [3.05, 3.63) is 6.73 Å². The van der Waals surface area contributed by atoms with Gasteiger partial charge in [0.2, 0.25) is 5.91 Å². The molecule has 1 aliphatic heterocycles. The van der Waals surface area contributed by atoms with Crippen molar-refractivity contribution in [3.8, 4) is 0 Å². The van der Waals surface area contributed by atoms with Gasteiger partial charge in [-0.3, -0.25) is 9.59 Å². The second-order valence-electron chi connectivity index (χ2n) is 1.52. The maximum Gasteiger partial charge on any atom is 0.293 e. The molecule has 9 heavy (non-hydrogen) atoms. The topological polar surface area (TPSA) is 72.6 Å². The van der Waals surface area contributed by atoms with E-state index in [9.17, 15) is 9.59 Å². The molecule has 0 bridgehead atoms. The highest BCUT2D eigenvalue weighted by Gasteiger charge is 2.15. The fourth-order valence-corrected chi connectivity index (χ4v) is 0.486. The van der Waals surface area contributed by atoms with Crippen molar-refractivity contribution in [2.45, 2.75) is 0 Å². The van der Waals surface area contributed by atoms with Crippen LogP contribution >= 0.6 is 0 Å². The summed E-state index contributed by atoms with van der Waals surface area (Å²) >= 11 is 0. The number of carbonyl (C=O) groups excluding carboxylic acids is 2. The lowest BCUT2D eigenvalue weighted by atomic mass is 10.6. The van der Waals surface area contributed by atoms with E-state index in [-0.39, 0.29) is 6.61 Å². The van der Waals surface area contributed by atoms with Crippen LogP contribution in [0.25, 0.3) is 0 Å². The minimum absolute atomic E-state index is 0.0943. The number of nitrogens with zero attached hydrogens (tertiary/aromatic N) is 1. The number of nitrogens with two attached hydrogens (primary N) is 1. The fourth-order valence-electron chi connectivity index (χ4n) is 0.486. The lowest BCUT2D eigenvalue weighted by molar-refractivity contribution is -0.124. The Bertz CT molecular complexity index is 156. The van der Waals surface area contributed by atoms with Crippen LogP contribution in [-0.2, 0) is 9.53 Å². The molecule has 0 radical (unpaired) electrons. The van der Waals surface area contributed by atoms with E-state index in [4.69, 9.17) is 5.73 Å². The van der Waals surface area contributed by atoms with E-state index < -0.39 is 11.9 Å². The number of hydrogen-bond donors (Lipinski definition) is 1. The second-order valence-corrected chi connectivity index (χ2v) is 1.52. The average Bonchev–Trinajstić information content (AvgIpc) is 2.13. The van der Waals surface area contributed by atoms with Crippen LogP contribution in [0.2, 0.25) is 0 Å². The van der Waals surface area contributed by atoms with Crippen LogP contribution < -0.4 is 5.73 Å². The summed E-state index contributed by atoms with van der Waals surface area (Å²) in [5, 5.41) is 0. The third-order valence-electron chi connectivity index (χ3n) is 0.893. The van der Waals surface area contributed by atoms with Crippen LogP contribution in [0.4, 0.5) is 4.79 Å². The monoisotopic (exact) mass is 129 g/mol. The van der Waals surface area contributed by atoms with Gasteiger partial charge in [0.1, 0.15) is 0 Å². The standard InChI is InChI=1S/C4H5N2O3/c5-4(8)6-2-9-1-3(6)7/h2H,1H2,(H2,5,8)/q-1. The first kappa shape index (κ1) is 6.03. The van der Waals surface area contributed by atoms with Gasteiger partial charge < -0.3 is 15.4 Å². The summed E-state index contributed by atoms with van der Waals surface area (Å²) in [7, 11) is 0. The third-order valence-corrected chi connectivity index (χ3v) is 0.893. The minimum atomic E-state index is -0.808. The summed E-state index contributed by atoms with van der Waals surface area (Å²) in [6.45, 7) is 0.910. The van der Waals surface area contributed by atoms with Crippen molar-refractivity contribution in [2.75, 3.05) is 6.61 Å². The summed E-state index contributed by atoms with van der Waals surface area (Å²) in [6.07, 6.45) is 0. The van der Waals surface area contributed by atoms with Crippen LogP contribution in [0, 0.1) is 6.73 Å². The van der Waals surface area contributed by atoms with E-state index in [1.807, 2.05) is 0 Å². The van der Waals surface area contributed by atoms with Gasteiger partial charge in [-0.25, -0.2) is 0 Å². The number of hydrogen-bond acceptors (Lipinski definition) is 3. The molecule has 3 amide bonds. The van der Waals surface area contributed by atoms with Gasteiger partial charge in [0.15, 0.2) is 0 Å². The zero-order valence-electron chi connectivity index (χ0n) is 4.53. The highest BCUT2D eigenvalue weighted by molar-refractivity contribution is 5.96. The van der Waals surface area contributed by atoms with E-state index >= 15 is 0 Å². The van der Waals surface area contributed by atoms with E-state index in [1.54, 1.807) is 0 Å². The number of urea groups is 1. The third kappa shape index (κ3) is 0.996. The Morgan fingerprint density at radius 2 is 2.56 bits per heavy atom. The average molecular weight is 129 g/mol. The molecule has 0 aliphatic carbocycles. The van der Waals surface area contributed by atoms with Crippen molar-refractivity contribution in [1.29, 1.82) is 0 Å². The number of amides is 3. The van der Waals surface area contributed by atoms with Gasteiger partial charge in [0.05, 0.1) is 6.61 Å². The van der Waals surface area contributed by atoms with Gasteiger partial charge in [-0.2, -0.15) is 0 Å². The second kappa shape index (κ2) is 2.02. The van der Waals surface area contributed by atoms with Crippen molar-refractivity contribution < 1.29 is 14.3 Å². The molecule has 0 aromatic heterocycles. The molecule has 1 heterocycles. The number of imide groups is 1. The Hall–Kier alpha value is -1.10. The van der Waals surface area contributed by atoms with Gasteiger partial charge in [0.25, 0.3) is 6.03 Å². The van der Waals surface area contributed by atoms with Gasteiger partial charge >= 0.3 is 0 Å². The molecule has 5 heteroatoms. The van der Waals surface area contributed by atoms with E-state index in [0.717, 1.165) is 11.6 Å². The van der Waals surface area contributed by atoms with Crippen LogP contribution in [-0.4, -0.2) is 23.4 Å². The molecule has 5 nitrogen and oxygen atoms in total. The highest BCUT2D eigenvalue weighted by Crippen LogP contribution is 2.03. The Balaban J connectivity index is 2.60. The van der Waals surface area contributed by atoms with Gasteiger partial charge in [-0.1, -0.05) is 0 Å². The number of rotatable bonds is 0.